The minimum Gasteiger partial charge on any atom is -0.293 e. The van der Waals surface area contributed by atoms with Gasteiger partial charge in [-0.05, 0) is 48.9 Å². The van der Waals surface area contributed by atoms with E-state index < -0.39 is 10.0 Å². The first kappa shape index (κ1) is 22.0. The molecule has 33 heavy (non-hydrogen) atoms. The SMILES string of the molecule is Cc1ccc(S(=O)(=O)N2CCN(Cc3nc4cccnc4n3-c3ccccc3)CC2)cc1Cl. The Morgan fingerprint density at radius 3 is 2.45 bits per heavy atom. The molecule has 1 aliphatic rings. The number of sulfonamides is 1. The summed E-state index contributed by atoms with van der Waals surface area (Å²) < 4.78 is 29.8. The van der Waals surface area contributed by atoms with Crippen molar-refractivity contribution in [3.05, 3.63) is 83.3 Å². The van der Waals surface area contributed by atoms with Gasteiger partial charge in [-0.1, -0.05) is 35.9 Å². The normalized spacial score (nSPS) is 15.8. The molecule has 1 saturated heterocycles. The van der Waals surface area contributed by atoms with Crippen molar-refractivity contribution in [1.82, 2.24) is 23.7 Å². The Hall–Kier alpha value is -2.78. The standard InChI is InChI=1S/C24H24ClN5O2S/c1-18-9-10-20(16-21(18)25)33(31,32)29-14-12-28(13-15-29)17-23-27-22-8-5-11-26-24(22)30(23)19-6-3-2-4-7-19/h2-11,16H,12-15,17H2,1H3. The molecule has 1 aliphatic heterocycles. The van der Waals surface area contributed by atoms with Gasteiger partial charge in [0.15, 0.2) is 5.65 Å². The van der Waals surface area contributed by atoms with Crippen molar-refractivity contribution in [1.29, 1.82) is 0 Å². The van der Waals surface area contributed by atoms with Crippen LogP contribution in [0.1, 0.15) is 11.4 Å². The molecule has 5 rings (SSSR count). The van der Waals surface area contributed by atoms with Gasteiger partial charge < -0.3 is 0 Å². The molecule has 0 radical (unpaired) electrons. The van der Waals surface area contributed by atoms with Crippen LogP contribution in [0.15, 0.2) is 71.8 Å². The highest BCUT2D eigenvalue weighted by Gasteiger charge is 2.29. The van der Waals surface area contributed by atoms with Crippen LogP contribution in [-0.4, -0.2) is 58.3 Å². The lowest BCUT2D eigenvalue weighted by Crippen LogP contribution is -2.48. The molecule has 1 fully saturated rings. The zero-order chi connectivity index (χ0) is 23.0. The van der Waals surface area contributed by atoms with Crippen LogP contribution in [0, 0.1) is 6.92 Å². The number of benzene rings is 2. The number of nitrogens with zero attached hydrogens (tertiary/aromatic N) is 5. The van der Waals surface area contributed by atoms with Crippen LogP contribution in [0.4, 0.5) is 0 Å². The maximum atomic E-state index is 13.1. The maximum Gasteiger partial charge on any atom is 0.243 e. The monoisotopic (exact) mass is 481 g/mol. The van der Waals surface area contributed by atoms with Gasteiger partial charge in [0.05, 0.1) is 11.4 Å². The maximum absolute atomic E-state index is 13.1. The van der Waals surface area contributed by atoms with E-state index in [1.54, 1.807) is 18.3 Å². The summed E-state index contributed by atoms with van der Waals surface area (Å²) in [4.78, 5) is 11.8. The molecule has 0 bridgehead atoms. The number of fused-ring (bicyclic) bond motifs is 1. The number of piperazine rings is 1. The lowest BCUT2D eigenvalue weighted by molar-refractivity contribution is 0.177. The molecule has 0 atom stereocenters. The van der Waals surface area contributed by atoms with Crippen LogP contribution in [0.3, 0.4) is 0 Å². The van der Waals surface area contributed by atoms with Crippen molar-refractivity contribution in [2.75, 3.05) is 26.2 Å². The molecule has 0 N–H and O–H groups in total. The smallest absolute Gasteiger partial charge is 0.243 e. The Bertz CT molecular complexity index is 1400. The Morgan fingerprint density at radius 1 is 0.970 bits per heavy atom. The highest BCUT2D eigenvalue weighted by molar-refractivity contribution is 7.89. The number of para-hydroxylation sites is 1. The van der Waals surface area contributed by atoms with E-state index in [4.69, 9.17) is 16.6 Å². The summed E-state index contributed by atoms with van der Waals surface area (Å²) in [6.45, 7) is 4.52. The minimum absolute atomic E-state index is 0.239. The van der Waals surface area contributed by atoms with Gasteiger partial charge in [-0.25, -0.2) is 18.4 Å². The molecular formula is C24H24ClN5O2S. The van der Waals surface area contributed by atoms with E-state index in [1.807, 2.05) is 49.4 Å². The van der Waals surface area contributed by atoms with Gasteiger partial charge in [-0.15, -0.1) is 0 Å². The fraction of sp³-hybridized carbons (Fsp3) is 0.250. The average molecular weight is 482 g/mol. The second kappa shape index (κ2) is 8.87. The molecule has 3 heterocycles. The van der Waals surface area contributed by atoms with Gasteiger partial charge in [-0.3, -0.25) is 9.47 Å². The average Bonchev–Trinajstić information content (AvgIpc) is 3.19. The predicted molar refractivity (Wildman–Crippen MR) is 129 cm³/mol. The zero-order valence-corrected chi connectivity index (χ0v) is 19.8. The Labute approximate surface area is 198 Å². The number of hydrogen-bond donors (Lipinski definition) is 0. The van der Waals surface area contributed by atoms with E-state index in [9.17, 15) is 8.42 Å². The van der Waals surface area contributed by atoms with Crippen LogP contribution in [0.25, 0.3) is 16.9 Å². The Balaban J connectivity index is 1.35. The molecule has 7 nitrogen and oxygen atoms in total. The van der Waals surface area contributed by atoms with Crippen LogP contribution >= 0.6 is 11.6 Å². The Morgan fingerprint density at radius 2 is 1.73 bits per heavy atom. The van der Waals surface area contributed by atoms with E-state index >= 15 is 0 Å². The first-order chi connectivity index (χ1) is 15.9. The van der Waals surface area contributed by atoms with Crippen molar-refractivity contribution in [2.24, 2.45) is 0 Å². The first-order valence-electron chi connectivity index (χ1n) is 10.8. The molecule has 2 aromatic heterocycles. The lowest BCUT2D eigenvalue weighted by atomic mass is 10.2. The number of aryl methyl sites for hydroxylation is 1. The molecule has 0 amide bonds. The van der Waals surface area contributed by atoms with E-state index in [0.29, 0.717) is 37.7 Å². The molecule has 170 valence electrons. The van der Waals surface area contributed by atoms with Crippen LogP contribution in [-0.2, 0) is 16.6 Å². The summed E-state index contributed by atoms with van der Waals surface area (Å²) >= 11 is 6.17. The van der Waals surface area contributed by atoms with Crippen LogP contribution < -0.4 is 0 Å². The molecule has 0 unspecified atom stereocenters. The van der Waals surface area contributed by atoms with Gasteiger partial charge in [0.25, 0.3) is 0 Å². The van der Waals surface area contributed by atoms with Crippen molar-refractivity contribution >= 4 is 32.8 Å². The second-order valence-corrected chi connectivity index (χ2v) is 10.5. The zero-order valence-electron chi connectivity index (χ0n) is 18.2. The molecule has 0 saturated carbocycles. The van der Waals surface area contributed by atoms with Gasteiger partial charge >= 0.3 is 0 Å². The van der Waals surface area contributed by atoms with E-state index in [0.717, 1.165) is 28.2 Å². The first-order valence-corrected chi connectivity index (χ1v) is 12.6. The number of halogens is 1. The van der Waals surface area contributed by atoms with Crippen molar-refractivity contribution < 1.29 is 8.42 Å². The fourth-order valence-corrected chi connectivity index (χ4v) is 5.82. The topological polar surface area (TPSA) is 71.3 Å². The molecule has 0 aliphatic carbocycles. The molecule has 4 aromatic rings. The lowest BCUT2D eigenvalue weighted by Gasteiger charge is -2.33. The third-order valence-electron chi connectivity index (χ3n) is 5.98. The second-order valence-electron chi connectivity index (χ2n) is 8.14. The van der Waals surface area contributed by atoms with Gasteiger partial charge in [0.2, 0.25) is 10.0 Å². The summed E-state index contributed by atoms with van der Waals surface area (Å²) in [6.07, 6.45) is 1.77. The van der Waals surface area contributed by atoms with Crippen molar-refractivity contribution in [3.63, 3.8) is 0 Å². The van der Waals surface area contributed by atoms with E-state index in [2.05, 4.69) is 14.5 Å². The summed E-state index contributed by atoms with van der Waals surface area (Å²) in [7, 11) is -3.58. The van der Waals surface area contributed by atoms with Gasteiger partial charge in [0.1, 0.15) is 11.3 Å². The number of imidazole rings is 1. The van der Waals surface area contributed by atoms with E-state index in [-0.39, 0.29) is 4.90 Å². The number of rotatable bonds is 5. The number of hydrogen-bond acceptors (Lipinski definition) is 5. The minimum atomic E-state index is -3.58. The molecular weight excluding hydrogens is 458 g/mol. The highest BCUT2D eigenvalue weighted by Crippen LogP contribution is 2.25. The van der Waals surface area contributed by atoms with Crippen LogP contribution in [0.2, 0.25) is 5.02 Å². The summed E-state index contributed by atoms with van der Waals surface area (Å²) in [5.74, 6) is 0.886. The highest BCUT2D eigenvalue weighted by atomic mass is 35.5. The van der Waals surface area contributed by atoms with Crippen molar-refractivity contribution in [2.45, 2.75) is 18.4 Å². The summed E-state index contributed by atoms with van der Waals surface area (Å²) in [5, 5.41) is 0.461. The number of pyridine rings is 1. The van der Waals surface area contributed by atoms with Gasteiger partial charge in [-0.2, -0.15) is 4.31 Å². The third-order valence-corrected chi connectivity index (χ3v) is 8.28. The predicted octanol–water partition coefficient (Wildman–Crippen LogP) is 3.89. The van der Waals surface area contributed by atoms with Gasteiger partial charge in [0, 0.05) is 43.1 Å². The number of aromatic nitrogens is 3. The quantitative estimate of drug-likeness (QED) is 0.432. The van der Waals surface area contributed by atoms with E-state index in [1.165, 1.54) is 10.4 Å². The third kappa shape index (κ3) is 4.27. The molecule has 9 heteroatoms. The molecule has 0 spiro atoms. The Kier molecular flexibility index (Phi) is 5.92. The largest absolute Gasteiger partial charge is 0.293 e. The molecule has 2 aromatic carbocycles. The van der Waals surface area contributed by atoms with Crippen LogP contribution in [0.5, 0.6) is 0 Å². The summed E-state index contributed by atoms with van der Waals surface area (Å²) in [6, 6.07) is 18.8. The fourth-order valence-electron chi connectivity index (χ4n) is 4.12. The summed E-state index contributed by atoms with van der Waals surface area (Å²) in [5.41, 5.74) is 3.52. The van der Waals surface area contributed by atoms with Crippen molar-refractivity contribution in [3.8, 4) is 5.69 Å².